The van der Waals surface area contributed by atoms with E-state index in [1.54, 1.807) is 6.08 Å². The number of halogens is 3. The zero-order valence-electron chi connectivity index (χ0n) is 5.24. The second-order valence-corrected chi connectivity index (χ2v) is 6.99. The lowest BCUT2D eigenvalue weighted by Gasteiger charge is -1.99. The molecule has 0 heterocycles. The van der Waals surface area contributed by atoms with Crippen molar-refractivity contribution in [2.45, 2.75) is 0 Å². The van der Waals surface area contributed by atoms with E-state index >= 15 is 0 Å². The molecule has 0 rings (SSSR count). The molecule has 0 saturated heterocycles. The Morgan fingerprint density at radius 2 is 2.00 bits per heavy atom. The highest BCUT2D eigenvalue weighted by Gasteiger charge is 1.95. The minimum Gasteiger partial charge on any atom is -0.372 e. The highest BCUT2D eigenvalue weighted by atomic mass is 127. The summed E-state index contributed by atoms with van der Waals surface area (Å²) in [6, 6.07) is 0. The summed E-state index contributed by atoms with van der Waals surface area (Å²) in [4.78, 5) is 0. The van der Waals surface area contributed by atoms with Gasteiger partial charge in [0, 0.05) is 3.58 Å². The first-order valence-electron chi connectivity index (χ1n) is 2.56. The van der Waals surface area contributed by atoms with Crippen LogP contribution in [0.3, 0.4) is 0 Å². The summed E-state index contributed by atoms with van der Waals surface area (Å²) in [7, 11) is 0. The highest BCUT2D eigenvalue weighted by molar-refractivity contribution is 14.2. The molecule has 0 amide bonds. The number of ether oxygens (including phenoxy) is 1. The quantitative estimate of drug-likeness (QED) is 0.343. The van der Waals surface area contributed by atoms with Gasteiger partial charge in [-0.3, -0.25) is 0 Å². The van der Waals surface area contributed by atoms with Gasteiger partial charge in [-0.25, -0.2) is 0 Å². The van der Waals surface area contributed by atoms with Gasteiger partial charge < -0.3 is 4.74 Å². The zero-order chi connectivity index (χ0) is 7.98. The summed E-state index contributed by atoms with van der Waals surface area (Å²) in [6.07, 6.45) is 1.75. The molecular weight excluding hydrogens is 469 g/mol. The minimum atomic E-state index is 0.632. The van der Waals surface area contributed by atoms with Crippen LogP contribution in [0.2, 0.25) is 0 Å². The van der Waals surface area contributed by atoms with E-state index in [1.165, 1.54) is 5.17 Å². The molecule has 0 N–H and O–H groups in total. The fourth-order valence-corrected chi connectivity index (χ4v) is 0.818. The van der Waals surface area contributed by atoms with Crippen molar-refractivity contribution in [2.75, 3.05) is 13.2 Å². The van der Waals surface area contributed by atoms with E-state index in [4.69, 9.17) is 4.74 Å². The third-order valence-corrected chi connectivity index (χ3v) is 4.89. The van der Waals surface area contributed by atoms with Gasteiger partial charge in [0.1, 0.15) is 0 Å². The lowest BCUT2D eigenvalue weighted by molar-refractivity contribution is 0.193. The fourth-order valence-electron chi connectivity index (χ4n) is 0.286. The highest BCUT2D eigenvalue weighted by Crippen LogP contribution is 2.25. The molecule has 0 radical (unpaired) electrons. The summed E-state index contributed by atoms with van der Waals surface area (Å²) >= 11 is 6.82. The Labute approximate surface area is 102 Å². The normalized spacial score (nSPS) is 9.10. The number of rotatable bonds is 4. The molecule has 0 bridgehead atoms. The molecule has 4 heteroatoms. The van der Waals surface area contributed by atoms with Crippen LogP contribution in [0.15, 0.2) is 17.8 Å². The molecule has 0 atom stereocenters. The Bertz CT molecular complexity index is 138. The molecule has 58 valence electrons. The van der Waals surface area contributed by atoms with Crippen LogP contribution in [-0.4, -0.2) is 13.2 Å². The average Bonchev–Trinajstić information content (AvgIpc) is 1.88. The molecule has 0 aliphatic rings. The van der Waals surface area contributed by atoms with E-state index in [0.29, 0.717) is 13.2 Å². The zero-order valence-corrected chi connectivity index (χ0v) is 11.7. The second-order valence-electron chi connectivity index (χ2n) is 1.47. The summed E-state index contributed by atoms with van der Waals surface area (Å²) in [6.45, 7) is 4.89. The third-order valence-electron chi connectivity index (χ3n) is 0.670. The Morgan fingerprint density at radius 1 is 1.40 bits per heavy atom. The van der Waals surface area contributed by atoms with E-state index in [9.17, 15) is 0 Å². The van der Waals surface area contributed by atoms with Crippen molar-refractivity contribution in [3.05, 3.63) is 17.8 Å². The van der Waals surface area contributed by atoms with E-state index < -0.39 is 0 Å². The molecule has 10 heavy (non-hydrogen) atoms. The van der Waals surface area contributed by atoms with Crippen molar-refractivity contribution >= 4 is 67.8 Å². The maximum atomic E-state index is 5.21. The smallest absolute Gasteiger partial charge is 0.0793 e. The Morgan fingerprint density at radius 3 is 2.40 bits per heavy atom. The molecule has 0 fully saturated rings. The van der Waals surface area contributed by atoms with Crippen LogP contribution in [0.5, 0.6) is 0 Å². The first kappa shape index (κ1) is 11.6. The predicted octanol–water partition coefficient (Wildman–Crippen LogP) is 3.66. The van der Waals surface area contributed by atoms with E-state index in [2.05, 4.69) is 74.4 Å². The number of hydrogen-bond donors (Lipinski definition) is 0. The summed E-state index contributed by atoms with van der Waals surface area (Å²) in [5, 5.41) is 0. The van der Waals surface area contributed by atoms with Gasteiger partial charge in [0.25, 0.3) is 0 Å². The van der Waals surface area contributed by atoms with E-state index in [1.807, 2.05) is 0 Å². The summed E-state index contributed by atoms with van der Waals surface area (Å²) in [5.74, 6) is 0. The lowest BCUT2D eigenvalue weighted by Crippen LogP contribution is -1.93. The largest absolute Gasteiger partial charge is 0.372 e. The lowest BCUT2D eigenvalue weighted by atomic mass is 10.6. The minimum absolute atomic E-state index is 0.632. The van der Waals surface area contributed by atoms with Gasteiger partial charge >= 0.3 is 0 Å². The SMILES string of the molecule is C=CCOCC(I)=C(I)I. The number of hydrogen-bond acceptors (Lipinski definition) is 1. The molecule has 0 saturated carbocycles. The molecular formula is C6H7I3O. The van der Waals surface area contributed by atoms with Gasteiger partial charge in [0.15, 0.2) is 0 Å². The van der Waals surface area contributed by atoms with Gasteiger partial charge in [-0.05, 0) is 67.8 Å². The second kappa shape index (κ2) is 7.29. The Hall–Kier alpha value is 1.63. The molecule has 0 spiro atoms. The van der Waals surface area contributed by atoms with Crippen molar-refractivity contribution in [3.63, 3.8) is 0 Å². The fraction of sp³-hybridized carbons (Fsp3) is 0.333. The molecule has 0 unspecified atom stereocenters. The van der Waals surface area contributed by atoms with Crippen LogP contribution >= 0.6 is 67.8 Å². The predicted molar refractivity (Wildman–Crippen MR) is 70.1 cm³/mol. The standard InChI is InChI=1S/C6H7I3O/c1-2-3-10-4-5(7)6(8)9/h2H,1,3-4H2. The third kappa shape index (κ3) is 6.35. The van der Waals surface area contributed by atoms with Crippen molar-refractivity contribution in [1.29, 1.82) is 0 Å². The molecule has 0 aromatic carbocycles. The van der Waals surface area contributed by atoms with Gasteiger partial charge in [-0.1, -0.05) is 6.08 Å². The van der Waals surface area contributed by atoms with Crippen LogP contribution in [-0.2, 0) is 4.74 Å². The topological polar surface area (TPSA) is 9.23 Å². The van der Waals surface area contributed by atoms with Crippen LogP contribution in [0.4, 0.5) is 0 Å². The first-order chi connectivity index (χ1) is 4.68. The van der Waals surface area contributed by atoms with Crippen LogP contribution < -0.4 is 0 Å². The van der Waals surface area contributed by atoms with E-state index in [0.717, 1.165) is 0 Å². The van der Waals surface area contributed by atoms with Gasteiger partial charge in [0.05, 0.1) is 14.8 Å². The molecule has 0 aromatic rings. The molecule has 0 aromatic heterocycles. The van der Waals surface area contributed by atoms with Gasteiger partial charge in [-0.2, -0.15) is 0 Å². The molecule has 1 nitrogen and oxygen atoms in total. The molecule has 0 aliphatic heterocycles. The van der Waals surface area contributed by atoms with Crippen LogP contribution in [0, 0.1) is 0 Å². The average molecular weight is 476 g/mol. The maximum Gasteiger partial charge on any atom is 0.0793 e. The van der Waals surface area contributed by atoms with E-state index in [-0.39, 0.29) is 0 Å². The first-order valence-corrected chi connectivity index (χ1v) is 5.80. The van der Waals surface area contributed by atoms with Crippen LogP contribution in [0.25, 0.3) is 0 Å². The Balaban J connectivity index is 3.49. The maximum absolute atomic E-state index is 5.21. The van der Waals surface area contributed by atoms with Gasteiger partial charge in [-0.15, -0.1) is 6.58 Å². The molecule has 0 aliphatic carbocycles. The monoisotopic (exact) mass is 476 g/mol. The van der Waals surface area contributed by atoms with Crippen molar-refractivity contribution in [2.24, 2.45) is 0 Å². The summed E-state index contributed by atoms with van der Waals surface area (Å²) in [5.41, 5.74) is 0. The summed E-state index contributed by atoms with van der Waals surface area (Å²) < 4.78 is 7.73. The van der Waals surface area contributed by atoms with Crippen molar-refractivity contribution < 1.29 is 4.74 Å². The van der Waals surface area contributed by atoms with Gasteiger partial charge in [0.2, 0.25) is 0 Å². The van der Waals surface area contributed by atoms with Crippen molar-refractivity contribution in [1.82, 2.24) is 0 Å². The Kier molecular flexibility index (Phi) is 8.48. The van der Waals surface area contributed by atoms with Crippen molar-refractivity contribution in [3.8, 4) is 0 Å². The van der Waals surface area contributed by atoms with Crippen LogP contribution in [0.1, 0.15) is 0 Å².